The zero-order chi connectivity index (χ0) is 14.7. The van der Waals surface area contributed by atoms with Crippen LogP contribution in [-0.2, 0) is 0 Å². The molecule has 21 heavy (non-hydrogen) atoms. The molecule has 0 radical (unpaired) electrons. The van der Waals surface area contributed by atoms with Crippen molar-refractivity contribution in [1.29, 1.82) is 0 Å². The largest absolute Gasteiger partial charge is 0.355 e. The minimum atomic E-state index is 0.0605. The minimum absolute atomic E-state index is 0.0605. The standard InChI is InChI=1S/C15H18N4OS/c1-18(15(20)13-9-16-11-21-13)12-5-4-8-19(10-12)14-6-2-3-7-17-14/h2-3,6-7,9,11-12H,4-5,8,10H2,1H3/t12-/m1/s1. The monoisotopic (exact) mass is 302 g/mol. The molecule has 6 heteroatoms. The van der Waals surface area contributed by atoms with E-state index in [0.29, 0.717) is 4.88 Å². The molecule has 2 aromatic heterocycles. The van der Waals surface area contributed by atoms with Crippen LogP contribution < -0.4 is 4.90 Å². The number of carbonyl (C=O) groups excluding carboxylic acids is 1. The Labute approximate surface area is 128 Å². The predicted molar refractivity (Wildman–Crippen MR) is 83.7 cm³/mol. The molecule has 2 aromatic rings. The van der Waals surface area contributed by atoms with Gasteiger partial charge in [-0.1, -0.05) is 6.07 Å². The lowest BCUT2D eigenvalue weighted by atomic mass is 10.0. The Morgan fingerprint density at radius 1 is 1.48 bits per heavy atom. The molecule has 0 spiro atoms. The number of anilines is 1. The Bertz CT molecular complexity index is 587. The van der Waals surface area contributed by atoms with E-state index in [0.717, 1.165) is 31.7 Å². The van der Waals surface area contributed by atoms with Gasteiger partial charge in [0.2, 0.25) is 0 Å². The number of hydrogen-bond acceptors (Lipinski definition) is 5. The third-order valence-electron chi connectivity index (χ3n) is 3.88. The van der Waals surface area contributed by atoms with Gasteiger partial charge in [0, 0.05) is 32.4 Å². The van der Waals surface area contributed by atoms with Crippen molar-refractivity contribution in [3.05, 3.63) is 41.0 Å². The highest BCUT2D eigenvalue weighted by atomic mass is 32.1. The quantitative estimate of drug-likeness (QED) is 0.873. The first-order valence-electron chi connectivity index (χ1n) is 7.07. The fourth-order valence-corrected chi connectivity index (χ4v) is 3.28. The molecule has 3 heterocycles. The molecule has 0 aliphatic carbocycles. The number of aromatic nitrogens is 2. The highest BCUT2D eigenvalue weighted by Gasteiger charge is 2.27. The smallest absolute Gasteiger partial charge is 0.265 e. The number of carbonyl (C=O) groups is 1. The summed E-state index contributed by atoms with van der Waals surface area (Å²) in [6.07, 6.45) is 5.56. The number of rotatable bonds is 3. The Hall–Kier alpha value is -1.95. The number of thiazole rings is 1. The van der Waals surface area contributed by atoms with Gasteiger partial charge in [0.05, 0.1) is 11.7 Å². The van der Waals surface area contributed by atoms with E-state index >= 15 is 0 Å². The van der Waals surface area contributed by atoms with Crippen LogP contribution in [0.2, 0.25) is 0 Å². The second-order valence-electron chi connectivity index (χ2n) is 5.21. The van der Waals surface area contributed by atoms with Gasteiger partial charge in [0.15, 0.2) is 0 Å². The first-order chi connectivity index (χ1) is 10.3. The summed E-state index contributed by atoms with van der Waals surface area (Å²) in [6, 6.07) is 6.16. The molecule has 1 saturated heterocycles. The van der Waals surface area contributed by atoms with Crippen molar-refractivity contribution >= 4 is 23.1 Å². The van der Waals surface area contributed by atoms with Gasteiger partial charge < -0.3 is 9.80 Å². The van der Waals surface area contributed by atoms with Gasteiger partial charge in [0.25, 0.3) is 5.91 Å². The molecule has 110 valence electrons. The highest BCUT2D eigenvalue weighted by Crippen LogP contribution is 2.21. The fraction of sp³-hybridized carbons (Fsp3) is 0.400. The van der Waals surface area contributed by atoms with Gasteiger partial charge >= 0.3 is 0 Å². The van der Waals surface area contributed by atoms with Crippen LogP contribution in [0, 0.1) is 0 Å². The van der Waals surface area contributed by atoms with Gasteiger partial charge in [-0.25, -0.2) is 4.98 Å². The van der Waals surface area contributed by atoms with E-state index in [2.05, 4.69) is 14.9 Å². The van der Waals surface area contributed by atoms with Crippen LogP contribution >= 0.6 is 11.3 Å². The fourth-order valence-electron chi connectivity index (χ4n) is 2.68. The summed E-state index contributed by atoms with van der Waals surface area (Å²) in [5, 5.41) is 0. The first-order valence-corrected chi connectivity index (χ1v) is 7.95. The third-order valence-corrected chi connectivity index (χ3v) is 4.64. The number of hydrogen-bond donors (Lipinski definition) is 0. The summed E-state index contributed by atoms with van der Waals surface area (Å²) in [6.45, 7) is 1.83. The maximum absolute atomic E-state index is 12.4. The Balaban J connectivity index is 1.70. The normalized spacial score (nSPS) is 18.5. The van der Waals surface area contributed by atoms with E-state index < -0.39 is 0 Å². The molecule has 1 atom stereocenters. The Kier molecular flexibility index (Phi) is 4.15. The summed E-state index contributed by atoms with van der Waals surface area (Å²) >= 11 is 1.39. The lowest BCUT2D eigenvalue weighted by Crippen LogP contribution is -2.48. The van der Waals surface area contributed by atoms with Crippen molar-refractivity contribution in [1.82, 2.24) is 14.9 Å². The molecule has 0 unspecified atom stereocenters. The van der Waals surface area contributed by atoms with Gasteiger partial charge in [-0.05, 0) is 25.0 Å². The molecule has 0 bridgehead atoms. The van der Waals surface area contributed by atoms with Gasteiger partial charge in [-0.2, -0.15) is 0 Å². The second-order valence-corrected chi connectivity index (χ2v) is 6.10. The van der Waals surface area contributed by atoms with Gasteiger partial charge in [-0.15, -0.1) is 11.3 Å². The summed E-state index contributed by atoms with van der Waals surface area (Å²) in [4.78, 5) is 25.6. The molecular weight excluding hydrogens is 284 g/mol. The van der Waals surface area contributed by atoms with Crippen molar-refractivity contribution in [3.63, 3.8) is 0 Å². The molecule has 1 aliphatic rings. The van der Waals surface area contributed by atoms with Crippen molar-refractivity contribution in [2.75, 3.05) is 25.0 Å². The van der Waals surface area contributed by atoms with Crippen LogP contribution in [0.5, 0.6) is 0 Å². The van der Waals surface area contributed by atoms with Gasteiger partial charge in [-0.3, -0.25) is 9.78 Å². The maximum Gasteiger partial charge on any atom is 0.265 e. The SMILES string of the molecule is CN(C(=O)c1cncs1)[C@@H]1CCCN(c2ccccn2)C1. The summed E-state index contributed by atoms with van der Waals surface area (Å²) < 4.78 is 0. The molecule has 3 rings (SSSR count). The lowest BCUT2D eigenvalue weighted by Gasteiger charge is -2.38. The average Bonchev–Trinajstić information content (AvgIpc) is 3.09. The number of amides is 1. The van der Waals surface area contributed by atoms with Crippen LogP contribution in [0.25, 0.3) is 0 Å². The van der Waals surface area contributed by atoms with Crippen molar-refractivity contribution in [2.24, 2.45) is 0 Å². The zero-order valence-electron chi connectivity index (χ0n) is 12.0. The second kappa shape index (κ2) is 6.22. The first kappa shape index (κ1) is 14.0. The van der Waals surface area contributed by atoms with E-state index in [1.54, 1.807) is 11.7 Å². The van der Waals surface area contributed by atoms with E-state index in [-0.39, 0.29) is 11.9 Å². The molecular formula is C15H18N4OS. The average molecular weight is 302 g/mol. The van der Waals surface area contributed by atoms with Gasteiger partial charge in [0.1, 0.15) is 10.7 Å². The molecule has 0 aromatic carbocycles. The molecule has 0 saturated carbocycles. The van der Waals surface area contributed by atoms with Crippen LogP contribution in [0.15, 0.2) is 36.1 Å². The Morgan fingerprint density at radius 3 is 3.10 bits per heavy atom. The number of likely N-dealkylation sites (N-methyl/N-ethyl adjacent to an activating group) is 1. The van der Waals surface area contributed by atoms with Crippen LogP contribution in [0.1, 0.15) is 22.5 Å². The van der Waals surface area contributed by atoms with Crippen molar-refractivity contribution < 1.29 is 4.79 Å². The number of pyridine rings is 1. The minimum Gasteiger partial charge on any atom is -0.355 e. The van der Waals surface area contributed by atoms with Crippen LogP contribution in [0.3, 0.4) is 0 Å². The highest BCUT2D eigenvalue weighted by molar-refractivity contribution is 7.11. The topological polar surface area (TPSA) is 49.3 Å². The summed E-state index contributed by atoms with van der Waals surface area (Å²) in [5.41, 5.74) is 1.70. The summed E-state index contributed by atoms with van der Waals surface area (Å²) in [5.74, 6) is 1.05. The lowest BCUT2D eigenvalue weighted by molar-refractivity contribution is 0.0722. The van der Waals surface area contributed by atoms with Crippen molar-refractivity contribution in [3.8, 4) is 0 Å². The predicted octanol–water partition coefficient (Wildman–Crippen LogP) is 2.28. The molecule has 1 aliphatic heterocycles. The van der Waals surface area contributed by atoms with Crippen LogP contribution in [0.4, 0.5) is 5.82 Å². The molecule has 5 nitrogen and oxygen atoms in total. The van der Waals surface area contributed by atoms with Crippen LogP contribution in [-0.4, -0.2) is 47.0 Å². The third kappa shape index (κ3) is 3.05. The van der Waals surface area contributed by atoms with Crippen molar-refractivity contribution in [2.45, 2.75) is 18.9 Å². The van der Waals surface area contributed by atoms with E-state index in [1.165, 1.54) is 11.3 Å². The van der Waals surface area contributed by atoms with E-state index in [4.69, 9.17) is 0 Å². The van der Waals surface area contributed by atoms with E-state index in [1.807, 2.05) is 36.3 Å². The zero-order valence-corrected chi connectivity index (χ0v) is 12.8. The number of nitrogens with zero attached hydrogens (tertiary/aromatic N) is 4. The Morgan fingerprint density at radius 2 is 2.38 bits per heavy atom. The number of piperidine rings is 1. The molecule has 0 N–H and O–H groups in total. The molecule has 1 amide bonds. The maximum atomic E-state index is 12.4. The molecule has 1 fully saturated rings. The summed E-state index contributed by atoms with van der Waals surface area (Å²) in [7, 11) is 1.88. The van der Waals surface area contributed by atoms with E-state index in [9.17, 15) is 4.79 Å².